The second-order valence-corrected chi connectivity index (χ2v) is 5.99. The van der Waals surface area contributed by atoms with Crippen LogP contribution in [-0.4, -0.2) is 38.6 Å². The molecule has 1 saturated heterocycles. The highest BCUT2D eigenvalue weighted by molar-refractivity contribution is 5.48. The lowest BCUT2D eigenvalue weighted by Crippen LogP contribution is -2.36. The Hall–Kier alpha value is -1.39. The first-order valence-corrected chi connectivity index (χ1v) is 7.47. The van der Waals surface area contributed by atoms with Gasteiger partial charge in [0.05, 0.1) is 18.0 Å². The zero-order valence-corrected chi connectivity index (χ0v) is 12.3. The van der Waals surface area contributed by atoms with Crippen molar-refractivity contribution >= 4 is 5.65 Å². The van der Waals surface area contributed by atoms with Crippen molar-refractivity contribution in [1.82, 2.24) is 14.3 Å². The van der Waals surface area contributed by atoms with Gasteiger partial charge in [0.1, 0.15) is 5.65 Å². The highest BCUT2D eigenvalue weighted by atomic mass is 16.3. The molecule has 108 valence electrons. The van der Waals surface area contributed by atoms with E-state index in [-0.39, 0.29) is 6.10 Å². The van der Waals surface area contributed by atoms with Crippen LogP contribution in [0.15, 0.2) is 24.5 Å². The fourth-order valence-electron chi connectivity index (χ4n) is 3.14. The second kappa shape index (κ2) is 5.54. The van der Waals surface area contributed by atoms with Crippen molar-refractivity contribution in [3.05, 3.63) is 35.8 Å². The van der Waals surface area contributed by atoms with Crippen LogP contribution in [0.25, 0.3) is 5.65 Å². The zero-order chi connectivity index (χ0) is 14.1. The quantitative estimate of drug-likeness (QED) is 0.932. The summed E-state index contributed by atoms with van der Waals surface area (Å²) in [5.74, 6) is 0.468. The molecule has 0 aliphatic carbocycles. The molecule has 1 unspecified atom stereocenters. The molecule has 1 fully saturated rings. The predicted octanol–water partition coefficient (Wildman–Crippen LogP) is 2.24. The second-order valence-electron chi connectivity index (χ2n) is 5.99. The number of imidazole rings is 1. The highest BCUT2D eigenvalue weighted by Gasteiger charge is 2.23. The van der Waals surface area contributed by atoms with Crippen molar-refractivity contribution in [1.29, 1.82) is 0 Å². The van der Waals surface area contributed by atoms with Gasteiger partial charge in [0.2, 0.25) is 0 Å². The van der Waals surface area contributed by atoms with Crippen LogP contribution in [0, 0.1) is 12.8 Å². The molecule has 20 heavy (non-hydrogen) atoms. The summed E-state index contributed by atoms with van der Waals surface area (Å²) in [6.07, 6.45) is 6.09. The third kappa shape index (κ3) is 2.58. The monoisotopic (exact) mass is 273 g/mol. The number of aromatic nitrogens is 2. The number of aliphatic hydroxyl groups is 1. The first kappa shape index (κ1) is 13.6. The lowest BCUT2D eigenvalue weighted by molar-refractivity contribution is 0.0691. The molecule has 0 bridgehead atoms. The minimum atomic E-state index is -0.171. The molecule has 1 aliphatic rings. The molecule has 1 aliphatic heterocycles. The normalized spacial score (nSPS) is 19.6. The van der Waals surface area contributed by atoms with Gasteiger partial charge in [-0.25, -0.2) is 4.98 Å². The Bertz CT molecular complexity index is 582. The molecule has 2 aromatic heterocycles. The van der Waals surface area contributed by atoms with E-state index in [1.807, 2.05) is 13.1 Å². The van der Waals surface area contributed by atoms with Crippen LogP contribution in [0.5, 0.6) is 0 Å². The van der Waals surface area contributed by atoms with Crippen LogP contribution < -0.4 is 0 Å². The molecule has 0 saturated carbocycles. The Morgan fingerprint density at radius 3 is 2.85 bits per heavy atom. The van der Waals surface area contributed by atoms with Crippen molar-refractivity contribution in [2.45, 2.75) is 39.3 Å². The topological polar surface area (TPSA) is 40.8 Å². The fourth-order valence-corrected chi connectivity index (χ4v) is 3.14. The summed E-state index contributed by atoms with van der Waals surface area (Å²) < 4.78 is 2.19. The smallest absolute Gasteiger partial charge is 0.139 e. The van der Waals surface area contributed by atoms with Gasteiger partial charge in [-0.15, -0.1) is 0 Å². The lowest BCUT2D eigenvalue weighted by Gasteiger charge is -2.33. The van der Waals surface area contributed by atoms with Crippen molar-refractivity contribution in [3.63, 3.8) is 0 Å². The maximum absolute atomic E-state index is 9.66. The highest BCUT2D eigenvalue weighted by Crippen LogP contribution is 2.22. The number of likely N-dealkylation sites (tertiary alicyclic amines) is 1. The van der Waals surface area contributed by atoms with Crippen molar-refractivity contribution in [2.24, 2.45) is 5.92 Å². The van der Waals surface area contributed by atoms with E-state index in [2.05, 4.69) is 39.5 Å². The number of nitrogens with zero attached hydrogens (tertiary/aromatic N) is 3. The van der Waals surface area contributed by atoms with E-state index in [1.165, 1.54) is 11.3 Å². The van der Waals surface area contributed by atoms with Crippen LogP contribution in [0.3, 0.4) is 0 Å². The Morgan fingerprint density at radius 1 is 1.40 bits per heavy atom. The van der Waals surface area contributed by atoms with Gasteiger partial charge >= 0.3 is 0 Å². The molecule has 0 aromatic carbocycles. The van der Waals surface area contributed by atoms with E-state index in [4.69, 9.17) is 0 Å². The summed E-state index contributed by atoms with van der Waals surface area (Å²) in [6.45, 7) is 7.08. The minimum absolute atomic E-state index is 0.171. The van der Waals surface area contributed by atoms with E-state index in [0.717, 1.165) is 38.1 Å². The van der Waals surface area contributed by atoms with E-state index in [9.17, 15) is 5.11 Å². The molecule has 0 radical (unpaired) electrons. The van der Waals surface area contributed by atoms with Crippen LogP contribution in [-0.2, 0) is 6.54 Å². The number of aryl methyl sites for hydroxylation is 1. The van der Waals surface area contributed by atoms with Gasteiger partial charge in [0.15, 0.2) is 0 Å². The van der Waals surface area contributed by atoms with Crippen molar-refractivity contribution in [2.75, 3.05) is 13.1 Å². The van der Waals surface area contributed by atoms with Gasteiger partial charge in [-0.2, -0.15) is 0 Å². The Labute approximate surface area is 120 Å². The molecule has 1 atom stereocenters. The third-order valence-corrected chi connectivity index (χ3v) is 4.51. The zero-order valence-electron chi connectivity index (χ0n) is 12.3. The van der Waals surface area contributed by atoms with Gasteiger partial charge in [0.25, 0.3) is 0 Å². The molecule has 0 amide bonds. The van der Waals surface area contributed by atoms with Gasteiger partial charge in [-0.05, 0) is 57.3 Å². The average Bonchev–Trinajstić information content (AvgIpc) is 2.84. The number of rotatable bonds is 3. The molecule has 4 nitrogen and oxygen atoms in total. The number of hydrogen-bond acceptors (Lipinski definition) is 3. The number of pyridine rings is 1. The molecule has 3 rings (SSSR count). The molecule has 4 heteroatoms. The average molecular weight is 273 g/mol. The van der Waals surface area contributed by atoms with Crippen LogP contribution in [0.1, 0.15) is 31.0 Å². The van der Waals surface area contributed by atoms with E-state index < -0.39 is 0 Å². The molecular weight excluding hydrogens is 250 g/mol. The molecule has 1 N–H and O–H groups in total. The Morgan fingerprint density at radius 2 is 2.15 bits per heavy atom. The number of aliphatic hydroxyl groups excluding tert-OH is 1. The predicted molar refractivity (Wildman–Crippen MR) is 79.6 cm³/mol. The first-order chi connectivity index (χ1) is 9.65. The summed E-state index contributed by atoms with van der Waals surface area (Å²) in [4.78, 5) is 6.99. The van der Waals surface area contributed by atoms with Crippen LogP contribution in [0.2, 0.25) is 0 Å². The number of piperidine rings is 1. The number of hydrogen-bond donors (Lipinski definition) is 1. The molecular formula is C16H23N3O. The third-order valence-electron chi connectivity index (χ3n) is 4.51. The summed E-state index contributed by atoms with van der Waals surface area (Å²) >= 11 is 0. The summed E-state index contributed by atoms with van der Waals surface area (Å²) in [5.41, 5.74) is 3.52. The van der Waals surface area contributed by atoms with Crippen LogP contribution >= 0.6 is 0 Å². The SMILES string of the molecule is Cc1cccn2c(CN3CCC(C(C)O)CC3)cnc12. The van der Waals surface area contributed by atoms with E-state index in [0.29, 0.717) is 5.92 Å². The van der Waals surface area contributed by atoms with Crippen molar-refractivity contribution < 1.29 is 5.11 Å². The van der Waals surface area contributed by atoms with Gasteiger partial charge in [-0.1, -0.05) is 6.07 Å². The lowest BCUT2D eigenvalue weighted by atomic mass is 9.92. The summed E-state index contributed by atoms with van der Waals surface area (Å²) in [7, 11) is 0. The molecule has 3 heterocycles. The van der Waals surface area contributed by atoms with E-state index >= 15 is 0 Å². The summed E-state index contributed by atoms with van der Waals surface area (Å²) in [6, 6.07) is 4.17. The molecule has 0 spiro atoms. The Balaban J connectivity index is 1.70. The fraction of sp³-hybridized carbons (Fsp3) is 0.562. The van der Waals surface area contributed by atoms with Gasteiger partial charge in [-0.3, -0.25) is 4.90 Å². The van der Waals surface area contributed by atoms with E-state index in [1.54, 1.807) is 0 Å². The molecule has 2 aromatic rings. The maximum Gasteiger partial charge on any atom is 0.139 e. The largest absolute Gasteiger partial charge is 0.393 e. The minimum Gasteiger partial charge on any atom is -0.393 e. The first-order valence-electron chi connectivity index (χ1n) is 7.47. The standard InChI is InChI=1S/C16H23N3O/c1-12-4-3-7-19-15(10-17-16(12)19)11-18-8-5-14(6-9-18)13(2)20/h3-4,7,10,13-14,20H,5-6,8-9,11H2,1-2H3. The van der Waals surface area contributed by atoms with Gasteiger partial charge < -0.3 is 9.51 Å². The van der Waals surface area contributed by atoms with Crippen LogP contribution in [0.4, 0.5) is 0 Å². The Kier molecular flexibility index (Phi) is 3.76. The number of fused-ring (bicyclic) bond motifs is 1. The maximum atomic E-state index is 9.66. The van der Waals surface area contributed by atoms with Gasteiger partial charge in [0, 0.05) is 12.7 Å². The summed E-state index contributed by atoms with van der Waals surface area (Å²) in [5, 5.41) is 9.66. The van der Waals surface area contributed by atoms with Crippen molar-refractivity contribution in [3.8, 4) is 0 Å².